The molecule has 0 spiro atoms. The molecule has 100 valence electrons. The number of piperazine rings is 1. The van der Waals surface area contributed by atoms with Crippen molar-refractivity contribution in [3.63, 3.8) is 0 Å². The maximum absolute atomic E-state index is 3.54. The van der Waals surface area contributed by atoms with Crippen molar-refractivity contribution < 1.29 is 0 Å². The fourth-order valence-electron chi connectivity index (χ4n) is 2.88. The van der Waals surface area contributed by atoms with E-state index in [-0.39, 0.29) is 0 Å². The van der Waals surface area contributed by atoms with Crippen LogP contribution in [0, 0.1) is 6.92 Å². The SMILES string of the molecule is Cc1ccccc1N1C(C)CNCC1CN(C)C. The van der Waals surface area contributed by atoms with Crippen molar-refractivity contribution in [1.82, 2.24) is 10.2 Å². The summed E-state index contributed by atoms with van der Waals surface area (Å²) in [6, 6.07) is 9.81. The Kier molecular flexibility index (Phi) is 4.25. The smallest absolute Gasteiger partial charge is 0.0544 e. The summed E-state index contributed by atoms with van der Waals surface area (Å²) >= 11 is 0. The van der Waals surface area contributed by atoms with E-state index in [2.05, 4.69) is 67.3 Å². The molecule has 0 saturated carbocycles. The monoisotopic (exact) mass is 247 g/mol. The Balaban J connectivity index is 2.27. The summed E-state index contributed by atoms with van der Waals surface area (Å²) in [4.78, 5) is 4.86. The summed E-state index contributed by atoms with van der Waals surface area (Å²) in [5.41, 5.74) is 2.76. The normalized spacial score (nSPS) is 24.6. The lowest BCUT2D eigenvalue weighted by Crippen LogP contribution is -2.59. The van der Waals surface area contributed by atoms with Gasteiger partial charge in [-0.1, -0.05) is 18.2 Å². The van der Waals surface area contributed by atoms with Crippen LogP contribution in [0.15, 0.2) is 24.3 Å². The molecule has 1 fully saturated rings. The van der Waals surface area contributed by atoms with Crippen LogP contribution in [-0.2, 0) is 0 Å². The molecule has 0 amide bonds. The van der Waals surface area contributed by atoms with E-state index in [0.29, 0.717) is 12.1 Å². The van der Waals surface area contributed by atoms with Crippen LogP contribution in [0.1, 0.15) is 12.5 Å². The van der Waals surface area contributed by atoms with E-state index in [0.717, 1.165) is 19.6 Å². The minimum Gasteiger partial charge on any atom is -0.362 e. The zero-order valence-electron chi connectivity index (χ0n) is 12.0. The maximum atomic E-state index is 3.54. The molecule has 0 bridgehead atoms. The Bertz CT molecular complexity index is 389. The van der Waals surface area contributed by atoms with Gasteiger partial charge in [-0.05, 0) is 39.6 Å². The second kappa shape index (κ2) is 5.72. The quantitative estimate of drug-likeness (QED) is 0.877. The van der Waals surface area contributed by atoms with Gasteiger partial charge in [-0.25, -0.2) is 0 Å². The first-order valence-electron chi connectivity index (χ1n) is 6.79. The largest absolute Gasteiger partial charge is 0.362 e. The van der Waals surface area contributed by atoms with E-state index in [1.807, 2.05) is 0 Å². The standard InChI is InChI=1S/C15H25N3/c1-12-7-5-6-8-15(12)18-13(2)9-16-10-14(18)11-17(3)4/h5-8,13-14,16H,9-11H2,1-4H3. The van der Waals surface area contributed by atoms with Gasteiger partial charge in [0.25, 0.3) is 0 Å². The number of nitrogens with zero attached hydrogens (tertiary/aromatic N) is 2. The lowest BCUT2D eigenvalue weighted by Gasteiger charge is -2.44. The number of rotatable bonds is 3. The van der Waals surface area contributed by atoms with Crippen LogP contribution in [-0.4, -0.2) is 50.7 Å². The molecule has 1 aromatic carbocycles. The third kappa shape index (κ3) is 2.85. The second-order valence-electron chi connectivity index (χ2n) is 5.62. The second-order valence-corrected chi connectivity index (χ2v) is 5.62. The highest BCUT2D eigenvalue weighted by atomic mass is 15.3. The Morgan fingerprint density at radius 3 is 2.67 bits per heavy atom. The zero-order chi connectivity index (χ0) is 13.1. The minimum absolute atomic E-state index is 0.546. The Labute approximate surface area is 111 Å². The highest BCUT2D eigenvalue weighted by molar-refractivity contribution is 5.55. The van der Waals surface area contributed by atoms with Crippen molar-refractivity contribution >= 4 is 5.69 Å². The van der Waals surface area contributed by atoms with Crippen molar-refractivity contribution in [3.8, 4) is 0 Å². The molecule has 1 aliphatic heterocycles. The average molecular weight is 247 g/mol. The summed E-state index contributed by atoms with van der Waals surface area (Å²) < 4.78 is 0. The first-order valence-corrected chi connectivity index (χ1v) is 6.79. The molecule has 0 radical (unpaired) electrons. The highest BCUT2D eigenvalue weighted by Crippen LogP contribution is 2.25. The van der Waals surface area contributed by atoms with Gasteiger partial charge in [-0.2, -0.15) is 0 Å². The van der Waals surface area contributed by atoms with Crippen LogP contribution in [0.3, 0.4) is 0 Å². The molecule has 2 atom stereocenters. The Morgan fingerprint density at radius 2 is 2.00 bits per heavy atom. The van der Waals surface area contributed by atoms with Crippen molar-refractivity contribution in [2.24, 2.45) is 0 Å². The molecule has 1 heterocycles. The van der Waals surface area contributed by atoms with Gasteiger partial charge >= 0.3 is 0 Å². The van der Waals surface area contributed by atoms with Gasteiger partial charge in [0.15, 0.2) is 0 Å². The molecule has 1 aliphatic rings. The summed E-state index contributed by atoms with van der Waals surface area (Å²) in [6.07, 6.45) is 0. The van der Waals surface area contributed by atoms with Crippen LogP contribution >= 0.6 is 0 Å². The number of nitrogens with one attached hydrogen (secondary N) is 1. The number of anilines is 1. The van der Waals surface area contributed by atoms with E-state index in [4.69, 9.17) is 0 Å². The number of benzene rings is 1. The molecule has 1 aromatic rings. The molecule has 2 unspecified atom stereocenters. The Morgan fingerprint density at radius 1 is 1.28 bits per heavy atom. The maximum Gasteiger partial charge on any atom is 0.0544 e. The van der Waals surface area contributed by atoms with E-state index < -0.39 is 0 Å². The van der Waals surface area contributed by atoms with Crippen LogP contribution in [0.5, 0.6) is 0 Å². The van der Waals surface area contributed by atoms with Crippen LogP contribution in [0.25, 0.3) is 0 Å². The van der Waals surface area contributed by atoms with Crippen molar-refractivity contribution in [3.05, 3.63) is 29.8 Å². The molecule has 3 heteroatoms. The third-order valence-corrected chi connectivity index (χ3v) is 3.66. The van der Waals surface area contributed by atoms with Crippen molar-refractivity contribution in [2.75, 3.05) is 38.6 Å². The molecular formula is C15H25N3. The third-order valence-electron chi connectivity index (χ3n) is 3.66. The zero-order valence-corrected chi connectivity index (χ0v) is 12.0. The topological polar surface area (TPSA) is 18.5 Å². The summed E-state index contributed by atoms with van der Waals surface area (Å²) in [6.45, 7) is 7.73. The fourth-order valence-corrected chi connectivity index (χ4v) is 2.88. The number of hydrogen-bond acceptors (Lipinski definition) is 3. The predicted octanol–water partition coefficient (Wildman–Crippen LogP) is 1.72. The Hall–Kier alpha value is -1.06. The lowest BCUT2D eigenvalue weighted by atomic mass is 10.0. The van der Waals surface area contributed by atoms with Gasteiger partial charge in [-0.15, -0.1) is 0 Å². The lowest BCUT2D eigenvalue weighted by molar-refractivity contribution is 0.316. The van der Waals surface area contributed by atoms with Gasteiger partial charge in [0.1, 0.15) is 0 Å². The molecule has 3 nitrogen and oxygen atoms in total. The predicted molar refractivity (Wildman–Crippen MR) is 78.3 cm³/mol. The number of hydrogen-bond donors (Lipinski definition) is 1. The van der Waals surface area contributed by atoms with E-state index >= 15 is 0 Å². The highest BCUT2D eigenvalue weighted by Gasteiger charge is 2.28. The summed E-state index contributed by atoms with van der Waals surface area (Å²) in [7, 11) is 4.30. The van der Waals surface area contributed by atoms with E-state index in [9.17, 15) is 0 Å². The summed E-state index contributed by atoms with van der Waals surface area (Å²) in [5, 5.41) is 3.54. The molecular weight excluding hydrogens is 222 g/mol. The number of aryl methyl sites for hydroxylation is 1. The number of para-hydroxylation sites is 1. The van der Waals surface area contributed by atoms with Crippen molar-refractivity contribution in [2.45, 2.75) is 25.9 Å². The van der Waals surface area contributed by atoms with Gasteiger partial charge < -0.3 is 15.1 Å². The van der Waals surface area contributed by atoms with E-state index in [1.165, 1.54) is 11.3 Å². The van der Waals surface area contributed by atoms with Crippen molar-refractivity contribution in [1.29, 1.82) is 0 Å². The number of likely N-dealkylation sites (N-methyl/N-ethyl adjacent to an activating group) is 1. The van der Waals surface area contributed by atoms with Gasteiger partial charge in [-0.3, -0.25) is 0 Å². The average Bonchev–Trinajstić information content (AvgIpc) is 2.30. The molecule has 1 N–H and O–H groups in total. The van der Waals surface area contributed by atoms with Gasteiger partial charge in [0.05, 0.1) is 6.04 Å². The van der Waals surface area contributed by atoms with Crippen LogP contribution in [0.4, 0.5) is 5.69 Å². The fraction of sp³-hybridized carbons (Fsp3) is 0.600. The molecule has 18 heavy (non-hydrogen) atoms. The summed E-state index contributed by atoms with van der Waals surface area (Å²) in [5.74, 6) is 0. The van der Waals surface area contributed by atoms with E-state index in [1.54, 1.807) is 0 Å². The molecule has 0 aromatic heterocycles. The molecule has 2 rings (SSSR count). The molecule has 1 saturated heterocycles. The van der Waals surface area contributed by atoms with Gasteiger partial charge in [0, 0.05) is 31.4 Å². The first kappa shape index (κ1) is 13.4. The van der Waals surface area contributed by atoms with Gasteiger partial charge in [0.2, 0.25) is 0 Å². The molecule has 0 aliphatic carbocycles. The first-order chi connectivity index (χ1) is 8.59. The van der Waals surface area contributed by atoms with Crippen LogP contribution < -0.4 is 10.2 Å². The minimum atomic E-state index is 0.546. The van der Waals surface area contributed by atoms with Crippen LogP contribution in [0.2, 0.25) is 0 Å².